The lowest BCUT2D eigenvalue weighted by molar-refractivity contribution is -0.121. The molecule has 11 heteroatoms. The van der Waals surface area contributed by atoms with Crippen LogP contribution in [-0.2, 0) is 11.4 Å². The second-order valence-corrected chi connectivity index (χ2v) is 10.7. The third-order valence-electron chi connectivity index (χ3n) is 5.36. The van der Waals surface area contributed by atoms with Crippen LogP contribution in [0.5, 0.6) is 11.5 Å². The molecule has 0 bridgehead atoms. The number of benzene rings is 3. The summed E-state index contributed by atoms with van der Waals surface area (Å²) in [5, 5.41) is 10.6. The minimum absolute atomic E-state index is 0.164. The van der Waals surface area contributed by atoms with Crippen molar-refractivity contribution in [1.29, 1.82) is 0 Å². The molecule has 4 rings (SSSR count). The Morgan fingerprint density at radius 1 is 1.13 bits per heavy atom. The first-order valence-corrected chi connectivity index (χ1v) is 13.7. The van der Waals surface area contributed by atoms with Crippen molar-refractivity contribution in [3.8, 4) is 11.5 Å². The number of carboxylic acids is 1. The molecule has 0 aromatic heterocycles. The first-order valence-electron chi connectivity index (χ1n) is 11.3. The van der Waals surface area contributed by atoms with Crippen molar-refractivity contribution in [1.82, 2.24) is 4.90 Å². The van der Waals surface area contributed by atoms with E-state index < -0.39 is 5.97 Å². The van der Waals surface area contributed by atoms with Crippen LogP contribution in [0, 0.1) is 0 Å². The van der Waals surface area contributed by atoms with Crippen molar-refractivity contribution in [2.75, 3.05) is 13.7 Å². The molecular formula is C27H21BrCl2N2O5S. The van der Waals surface area contributed by atoms with Crippen LogP contribution < -0.4 is 9.47 Å². The molecule has 7 nitrogen and oxygen atoms in total. The molecule has 3 aromatic rings. The van der Waals surface area contributed by atoms with Gasteiger partial charge in [0.1, 0.15) is 6.61 Å². The highest BCUT2D eigenvalue weighted by Gasteiger charge is 2.30. The molecule has 0 radical (unpaired) electrons. The minimum atomic E-state index is -1.01. The molecule has 38 heavy (non-hydrogen) atoms. The number of carboxylic acid groups (broad SMARTS) is 1. The molecular weight excluding hydrogens is 615 g/mol. The first kappa shape index (κ1) is 28.0. The lowest BCUT2D eigenvalue weighted by Crippen LogP contribution is -2.23. The lowest BCUT2D eigenvalue weighted by atomic mass is 10.1. The predicted molar refractivity (Wildman–Crippen MR) is 155 cm³/mol. The fourth-order valence-corrected chi connectivity index (χ4v) is 5.48. The number of aliphatic imine (C=N–C) groups is 1. The molecule has 1 fully saturated rings. The van der Waals surface area contributed by atoms with Crippen molar-refractivity contribution in [2.24, 2.45) is 4.99 Å². The van der Waals surface area contributed by atoms with Gasteiger partial charge in [-0.05, 0) is 94.8 Å². The van der Waals surface area contributed by atoms with E-state index in [2.05, 4.69) is 20.9 Å². The number of carbonyl (C=O) groups excluding carboxylic acids is 1. The number of hydrogen-bond acceptors (Lipinski definition) is 6. The summed E-state index contributed by atoms with van der Waals surface area (Å²) in [5.74, 6) is -0.202. The van der Waals surface area contributed by atoms with Gasteiger partial charge in [-0.25, -0.2) is 9.79 Å². The van der Waals surface area contributed by atoms with Crippen LogP contribution in [0.4, 0.5) is 5.69 Å². The molecule has 0 atom stereocenters. The van der Waals surface area contributed by atoms with Crippen molar-refractivity contribution in [3.63, 3.8) is 0 Å². The summed E-state index contributed by atoms with van der Waals surface area (Å²) < 4.78 is 12.5. The van der Waals surface area contributed by atoms with Crippen LogP contribution in [0.1, 0.15) is 28.4 Å². The fraction of sp³-hybridized carbons (Fsp3) is 0.148. The van der Waals surface area contributed by atoms with Crippen LogP contribution in [0.2, 0.25) is 10.0 Å². The normalized spacial score (nSPS) is 15.4. The number of nitrogens with zero attached hydrogens (tertiary/aromatic N) is 2. The van der Waals surface area contributed by atoms with E-state index in [0.29, 0.717) is 48.4 Å². The molecule has 0 unspecified atom stereocenters. The molecule has 0 aliphatic carbocycles. The maximum atomic E-state index is 12.9. The standard InChI is InChI=1S/C27H21BrCl2N2O5S/c1-3-36-22-11-15(10-20(28)24(22)37-14-17-4-7-18(29)13-21(17)30)12-23-25(33)32(2)27(38-23)31-19-8-5-16(6-9-19)26(34)35/h4-13H,3,14H2,1-2H3,(H,34,35). The monoisotopic (exact) mass is 634 g/mol. The van der Waals surface area contributed by atoms with Crippen LogP contribution in [-0.4, -0.2) is 40.7 Å². The van der Waals surface area contributed by atoms with E-state index in [-0.39, 0.29) is 18.1 Å². The third-order valence-corrected chi connectivity index (χ3v) is 7.60. The average Bonchev–Trinajstić information content (AvgIpc) is 3.12. The number of amidine groups is 1. The van der Waals surface area contributed by atoms with Gasteiger partial charge in [-0.1, -0.05) is 29.3 Å². The minimum Gasteiger partial charge on any atom is -0.490 e. The summed E-state index contributed by atoms with van der Waals surface area (Å²) in [5.41, 5.74) is 2.21. The topological polar surface area (TPSA) is 88.4 Å². The number of rotatable bonds is 8. The van der Waals surface area contributed by atoms with Gasteiger partial charge < -0.3 is 14.6 Å². The van der Waals surface area contributed by atoms with Gasteiger partial charge in [0, 0.05) is 22.7 Å². The Balaban J connectivity index is 1.58. The van der Waals surface area contributed by atoms with Crippen molar-refractivity contribution >= 4 is 79.7 Å². The largest absolute Gasteiger partial charge is 0.490 e. The van der Waals surface area contributed by atoms with Gasteiger partial charge >= 0.3 is 5.97 Å². The quantitative estimate of drug-likeness (QED) is 0.256. The zero-order valence-electron chi connectivity index (χ0n) is 20.2. The summed E-state index contributed by atoms with van der Waals surface area (Å²) in [6, 6.07) is 15.0. The van der Waals surface area contributed by atoms with Crippen molar-refractivity contribution in [2.45, 2.75) is 13.5 Å². The summed E-state index contributed by atoms with van der Waals surface area (Å²) >= 11 is 17.1. The second-order valence-electron chi connectivity index (χ2n) is 8.01. The number of aromatic carboxylic acids is 1. The van der Waals surface area contributed by atoms with Gasteiger partial charge in [-0.15, -0.1) is 0 Å². The van der Waals surface area contributed by atoms with Gasteiger partial charge in [0.05, 0.1) is 27.2 Å². The molecule has 1 saturated heterocycles. The van der Waals surface area contributed by atoms with Crippen LogP contribution in [0.3, 0.4) is 0 Å². The molecule has 0 spiro atoms. The number of amides is 1. The number of likely N-dealkylation sites (N-methyl/N-ethyl adjacent to an activating group) is 1. The number of hydrogen-bond donors (Lipinski definition) is 1. The van der Waals surface area contributed by atoms with Gasteiger partial charge in [-0.2, -0.15) is 0 Å². The van der Waals surface area contributed by atoms with E-state index in [1.165, 1.54) is 28.8 Å². The number of ether oxygens (including phenoxy) is 2. The smallest absolute Gasteiger partial charge is 0.335 e. The van der Waals surface area contributed by atoms with Gasteiger partial charge in [0.2, 0.25) is 0 Å². The maximum Gasteiger partial charge on any atom is 0.335 e. The molecule has 3 aromatic carbocycles. The van der Waals surface area contributed by atoms with Gasteiger partial charge in [0.15, 0.2) is 16.7 Å². The molecule has 1 amide bonds. The molecule has 1 heterocycles. The van der Waals surface area contributed by atoms with Crippen molar-refractivity contribution in [3.05, 3.63) is 90.7 Å². The lowest BCUT2D eigenvalue weighted by Gasteiger charge is -2.15. The molecule has 0 saturated carbocycles. The highest BCUT2D eigenvalue weighted by atomic mass is 79.9. The Morgan fingerprint density at radius 3 is 2.53 bits per heavy atom. The predicted octanol–water partition coefficient (Wildman–Crippen LogP) is 7.67. The summed E-state index contributed by atoms with van der Waals surface area (Å²) in [4.78, 5) is 30.4. The molecule has 1 N–H and O–H groups in total. The molecule has 1 aliphatic heterocycles. The van der Waals surface area contributed by atoms with E-state index in [1.54, 1.807) is 49.5 Å². The van der Waals surface area contributed by atoms with Gasteiger partial charge in [-0.3, -0.25) is 9.69 Å². The molecule has 196 valence electrons. The Kier molecular flexibility index (Phi) is 9.04. The van der Waals surface area contributed by atoms with Crippen LogP contribution in [0.25, 0.3) is 6.08 Å². The van der Waals surface area contributed by atoms with E-state index in [4.69, 9.17) is 37.8 Å². The summed E-state index contributed by atoms with van der Waals surface area (Å²) in [6.45, 7) is 2.50. The number of halogens is 3. The Morgan fingerprint density at radius 2 is 1.87 bits per heavy atom. The first-order chi connectivity index (χ1) is 18.2. The van der Waals surface area contributed by atoms with Crippen LogP contribution >= 0.6 is 50.9 Å². The zero-order valence-corrected chi connectivity index (χ0v) is 24.1. The second kappa shape index (κ2) is 12.3. The summed E-state index contributed by atoms with van der Waals surface area (Å²) in [7, 11) is 1.64. The number of carbonyl (C=O) groups is 2. The highest BCUT2D eigenvalue weighted by Crippen LogP contribution is 2.40. The highest BCUT2D eigenvalue weighted by molar-refractivity contribution is 9.10. The zero-order chi connectivity index (χ0) is 27.4. The maximum absolute atomic E-state index is 12.9. The Hall–Kier alpha value is -2.98. The van der Waals surface area contributed by atoms with E-state index >= 15 is 0 Å². The van der Waals surface area contributed by atoms with E-state index in [0.717, 1.165) is 11.1 Å². The average molecular weight is 636 g/mol. The van der Waals surface area contributed by atoms with Gasteiger partial charge in [0.25, 0.3) is 5.91 Å². The Labute approximate surface area is 242 Å². The fourth-order valence-electron chi connectivity index (χ4n) is 3.45. The SMILES string of the molecule is CCOc1cc(C=C2SC(=Nc3ccc(C(=O)O)cc3)N(C)C2=O)cc(Br)c1OCc1ccc(Cl)cc1Cl. The van der Waals surface area contributed by atoms with E-state index in [9.17, 15) is 9.59 Å². The summed E-state index contributed by atoms with van der Waals surface area (Å²) in [6.07, 6.45) is 1.76. The van der Waals surface area contributed by atoms with Crippen LogP contribution in [0.15, 0.2) is 69.0 Å². The van der Waals surface area contributed by atoms with E-state index in [1.807, 2.05) is 13.0 Å². The van der Waals surface area contributed by atoms with Crippen molar-refractivity contribution < 1.29 is 24.2 Å². The third kappa shape index (κ3) is 6.53. The molecule has 1 aliphatic rings. The number of thioether (sulfide) groups is 1. The Bertz CT molecular complexity index is 1460.